The van der Waals surface area contributed by atoms with Crippen molar-refractivity contribution in [3.8, 4) is 0 Å². The minimum Gasteiger partial charge on any atom is -0.348 e. The lowest BCUT2D eigenvalue weighted by Crippen LogP contribution is -2.59. The summed E-state index contributed by atoms with van der Waals surface area (Å²) in [5.74, 6) is 1.38. The number of pyridine rings is 1. The van der Waals surface area contributed by atoms with Gasteiger partial charge in [0.15, 0.2) is 5.82 Å². The number of fused-ring (bicyclic) bond motifs is 3. The van der Waals surface area contributed by atoms with Crippen molar-refractivity contribution in [3.05, 3.63) is 50.7 Å². The first-order valence-electron chi connectivity index (χ1n) is 9.67. The second-order valence-corrected chi connectivity index (χ2v) is 8.49. The van der Waals surface area contributed by atoms with Gasteiger partial charge in [-0.2, -0.15) is 0 Å². The quantitative estimate of drug-likeness (QED) is 0.446. The molecule has 7 nitrogen and oxygen atoms in total. The number of aromatic nitrogens is 1. The summed E-state index contributed by atoms with van der Waals surface area (Å²) in [4.78, 5) is 22.7. The van der Waals surface area contributed by atoms with Crippen molar-refractivity contribution in [2.75, 3.05) is 19.8 Å². The summed E-state index contributed by atoms with van der Waals surface area (Å²) in [5, 5.41) is 12.4. The molecule has 3 aliphatic rings. The largest absolute Gasteiger partial charge is 0.348 e. The molecule has 2 atom stereocenters. The van der Waals surface area contributed by atoms with Crippen LogP contribution in [-0.2, 0) is 6.54 Å². The van der Waals surface area contributed by atoms with Crippen LogP contribution in [0.2, 0.25) is 5.15 Å². The fourth-order valence-electron chi connectivity index (χ4n) is 4.72. The van der Waals surface area contributed by atoms with E-state index in [-0.39, 0.29) is 11.0 Å². The van der Waals surface area contributed by atoms with Gasteiger partial charge in [-0.05, 0) is 44.2 Å². The second kappa shape index (κ2) is 7.28. The Morgan fingerprint density at radius 1 is 1.37 bits per heavy atom. The molecule has 1 saturated carbocycles. The average Bonchev–Trinajstić information content (AvgIpc) is 3.11. The van der Waals surface area contributed by atoms with Crippen LogP contribution in [0.1, 0.15) is 38.7 Å². The molecule has 1 saturated heterocycles. The molecule has 8 heteroatoms. The summed E-state index contributed by atoms with van der Waals surface area (Å²) < 4.78 is 0. The van der Waals surface area contributed by atoms with E-state index in [0.717, 1.165) is 31.0 Å². The highest BCUT2D eigenvalue weighted by Gasteiger charge is 2.47. The van der Waals surface area contributed by atoms with Gasteiger partial charge in [-0.15, -0.1) is 0 Å². The molecule has 27 heavy (non-hydrogen) atoms. The molecule has 0 radical (unpaired) electrons. The fourth-order valence-corrected chi connectivity index (χ4v) is 4.83. The topological polar surface area (TPSA) is 65.8 Å². The van der Waals surface area contributed by atoms with E-state index < -0.39 is 0 Å². The van der Waals surface area contributed by atoms with Crippen molar-refractivity contribution < 1.29 is 4.92 Å². The summed E-state index contributed by atoms with van der Waals surface area (Å²) in [6, 6.07) is 4.42. The zero-order valence-electron chi connectivity index (χ0n) is 15.8. The fraction of sp³-hybridized carbons (Fsp3) is 0.632. The summed E-state index contributed by atoms with van der Waals surface area (Å²) >= 11 is 5.91. The van der Waals surface area contributed by atoms with Gasteiger partial charge in [0, 0.05) is 31.4 Å². The van der Waals surface area contributed by atoms with Crippen LogP contribution in [0.25, 0.3) is 0 Å². The molecule has 0 N–H and O–H groups in total. The second-order valence-electron chi connectivity index (χ2n) is 8.11. The minimum absolute atomic E-state index is 0.181. The Morgan fingerprint density at radius 3 is 2.85 bits per heavy atom. The molecule has 1 aromatic heterocycles. The third kappa shape index (κ3) is 3.50. The van der Waals surface area contributed by atoms with Crippen LogP contribution in [0.4, 0.5) is 0 Å². The highest BCUT2D eigenvalue weighted by Crippen LogP contribution is 2.41. The van der Waals surface area contributed by atoms with Gasteiger partial charge in [0.25, 0.3) is 5.70 Å². The van der Waals surface area contributed by atoms with E-state index in [0.29, 0.717) is 35.9 Å². The van der Waals surface area contributed by atoms with Crippen molar-refractivity contribution in [2.45, 2.75) is 51.7 Å². The van der Waals surface area contributed by atoms with E-state index in [1.807, 2.05) is 6.07 Å². The zero-order chi connectivity index (χ0) is 19.1. The summed E-state index contributed by atoms with van der Waals surface area (Å²) in [7, 11) is 0. The highest BCUT2D eigenvalue weighted by atomic mass is 35.5. The Hall–Kier alpha value is -1.86. The van der Waals surface area contributed by atoms with Crippen LogP contribution >= 0.6 is 11.6 Å². The molecular formula is C19H26ClN5O2. The lowest BCUT2D eigenvalue weighted by atomic mass is 9.96. The predicted molar refractivity (Wildman–Crippen MR) is 103 cm³/mol. The summed E-state index contributed by atoms with van der Waals surface area (Å²) in [6.45, 7) is 6.87. The average molecular weight is 392 g/mol. The van der Waals surface area contributed by atoms with E-state index >= 15 is 0 Å². The molecule has 1 aromatic rings. The normalized spacial score (nSPS) is 25.8. The van der Waals surface area contributed by atoms with Crippen LogP contribution in [0.3, 0.4) is 0 Å². The number of halogens is 1. The smallest absolute Gasteiger partial charge is 0.300 e. The van der Waals surface area contributed by atoms with Gasteiger partial charge >= 0.3 is 0 Å². The first-order chi connectivity index (χ1) is 12.9. The molecule has 0 unspecified atom stereocenters. The lowest BCUT2D eigenvalue weighted by Gasteiger charge is -2.51. The van der Waals surface area contributed by atoms with Crippen molar-refractivity contribution >= 4 is 11.6 Å². The molecule has 3 heterocycles. The van der Waals surface area contributed by atoms with Crippen LogP contribution in [0, 0.1) is 16.0 Å². The Balaban J connectivity index is 1.72. The Kier molecular flexibility index (Phi) is 4.99. The highest BCUT2D eigenvalue weighted by molar-refractivity contribution is 6.29. The Labute approximate surface area is 164 Å². The van der Waals surface area contributed by atoms with Gasteiger partial charge in [0.2, 0.25) is 0 Å². The third-order valence-electron chi connectivity index (χ3n) is 6.10. The summed E-state index contributed by atoms with van der Waals surface area (Å²) in [5.41, 5.74) is 1.35. The molecule has 2 aliphatic heterocycles. The maximum Gasteiger partial charge on any atom is 0.300 e. The van der Waals surface area contributed by atoms with Crippen molar-refractivity contribution in [2.24, 2.45) is 5.92 Å². The van der Waals surface area contributed by atoms with Gasteiger partial charge in [-0.1, -0.05) is 24.1 Å². The van der Waals surface area contributed by atoms with Crippen molar-refractivity contribution in [3.63, 3.8) is 0 Å². The maximum atomic E-state index is 12.0. The number of hydrogen-bond acceptors (Lipinski definition) is 6. The number of hydrogen-bond donors (Lipinski definition) is 0. The first kappa shape index (κ1) is 18.5. The molecule has 4 rings (SSSR count). The number of rotatable bonds is 4. The summed E-state index contributed by atoms with van der Waals surface area (Å²) in [6.07, 6.45) is 5.29. The van der Waals surface area contributed by atoms with E-state index in [9.17, 15) is 10.1 Å². The van der Waals surface area contributed by atoms with Crippen LogP contribution in [0.15, 0.2) is 29.8 Å². The molecule has 1 aliphatic carbocycles. The van der Waals surface area contributed by atoms with Gasteiger partial charge in [-0.25, -0.2) is 4.98 Å². The van der Waals surface area contributed by atoms with E-state index in [4.69, 9.17) is 11.6 Å². The van der Waals surface area contributed by atoms with Crippen LogP contribution in [-0.4, -0.2) is 56.4 Å². The molecule has 2 fully saturated rings. The monoisotopic (exact) mass is 391 g/mol. The van der Waals surface area contributed by atoms with E-state index in [1.54, 1.807) is 12.3 Å². The molecule has 0 bridgehead atoms. The third-order valence-corrected chi connectivity index (χ3v) is 6.33. The molecular weight excluding hydrogens is 366 g/mol. The Morgan fingerprint density at radius 2 is 2.19 bits per heavy atom. The van der Waals surface area contributed by atoms with E-state index in [2.05, 4.69) is 33.5 Å². The van der Waals surface area contributed by atoms with Crippen LogP contribution < -0.4 is 0 Å². The number of nitro groups is 1. The lowest BCUT2D eigenvalue weighted by molar-refractivity contribution is -0.435. The molecule has 0 spiro atoms. The van der Waals surface area contributed by atoms with E-state index in [1.165, 1.54) is 12.8 Å². The first-order valence-corrected chi connectivity index (χ1v) is 10.1. The maximum absolute atomic E-state index is 12.0. The van der Waals surface area contributed by atoms with Crippen molar-refractivity contribution in [1.29, 1.82) is 0 Å². The minimum atomic E-state index is -0.181. The molecule has 0 amide bonds. The molecule has 146 valence electrons. The Bertz CT molecular complexity index is 751. The van der Waals surface area contributed by atoms with Crippen LogP contribution in [0.5, 0.6) is 0 Å². The van der Waals surface area contributed by atoms with Gasteiger partial charge in [0.05, 0.1) is 18.1 Å². The van der Waals surface area contributed by atoms with Gasteiger partial charge in [0.1, 0.15) is 5.15 Å². The predicted octanol–water partition coefficient (Wildman–Crippen LogP) is 3.15. The number of nitrogens with zero attached hydrogens (tertiary/aromatic N) is 5. The van der Waals surface area contributed by atoms with Gasteiger partial charge in [-0.3, -0.25) is 15.0 Å². The SMILES string of the molecule is CC(C)N1CC([N+](=O)[O-])=C2N(Cc3ccc(Cl)nc3)C[C@H]3CCC[C@H]3N2C1. The standard InChI is InChI=1S/C19H26ClN5O2/c1-13(2)23-11-17(25(26)27)19-22(9-14-6-7-18(20)21-8-14)10-15-4-3-5-16(15)24(19)12-23/h6-8,13,15-16H,3-5,9-12H2,1-2H3/t15-,16-/m1/s1. The van der Waals surface area contributed by atoms with Gasteiger partial charge < -0.3 is 9.80 Å². The van der Waals surface area contributed by atoms with Crippen molar-refractivity contribution in [1.82, 2.24) is 19.7 Å². The molecule has 0 aromatic carbocycles. The zero-order valence-corrected chi connectivity index (χ0v) is 16.6.